The van der Waals surface area contributed by atoms with Gasteiger partial charge in [0.25, 0.3) is 5.69 Å². The fraction of sp³-hybridized carbons (Fsp3) is 0.263. The number of carbonyl (C=O) groups excluding carboxylic acids is 1. The molecule has 3 aromatic rings. The van der Waals surface area contributed by atoms with Crippen LogP contribution in [0.25, 0.3) is 10.2 Å². The number of nitro groups is 1. The van der Waals surface area contributed by atoms with Crippen molar-refractivity contribution < 1.29 is 14.1 Å². The highest BCUT2D eigenvalue weighted by Crippen LogP contribution is 2.30. The molecule has 0 aliphatic carbocycles. The number of benzene rings is 2. The maximum absolute atomic E-state index is 13.5. The van der Waals surface area contributed by atoms with E-state index in [4.69, 9.17) is 0 Å². The number of thiazole rings is 1. The van der Waals surface area contributed by atoms with Gasteiger partial charge in [-0.3, -0.25) is 19.8 Å². The summed E-state index contributed by atoms with van der Waals surface area (Å²) in [4.78, 5) is 31.3. The summed E-state index contributed by atoms with van der Waals surface area (Å²) in [7, 11) is 3.82. The molecule has 0 aliphatic heterocycles. The topological polar surface area (TPSA) is 79.6 Å². The Hall–Kier alpha value is -2.62. The van der Waals surface area contributed by atoms with Gasteiger partial charge in [-0.25, -0.2) is 9.37 Å². The lowest BCUT2D eigenvalue weighted by Gasteiger charge is -2.22. The Bertz CT molecular complexity index is 1010. The Balaban J connectivity index is 0.00000300. The van der Waals surface area contributed by atoms with Crippen molar-refractivity contribution in [2.75, 3.05) is 32.1 Å². The van der Waals surface area contributed by atoms with Gasteiger partial charge in [0.2, 0.25) is 5.91 Å². The predicted octanol–water partition coefficient (Wildman–Crippen LogP) is 3.90. The van der Waals surface area contributed by atoms with Crippen LogP contribution < -0.4 is 4.90 Å². The number of hydrogen-bond donors (Lipinski definition) is 0. The van der Waals surface area contributed by atoms with Gasteiger partial charge in [-0.15, -0.1) is 12.4 Å². The van der Waals surface area contributed by atoms with E-state index in [0.717, 1.165) is 0 Å². The van der Waals surface area contributed by atoms with Crippen molar-refractivity contribution in [3.8, 4) is 0 Å². The van der Waals surface area contributed by atoms with Crippen molar-refractivity contribution in [1.82, 2.24) is 9.88 Å². The predicted molar refractivity (Wildman–Crippen MR) is 115 cm³/mol. The number of hydrogen-bond acceptors (Lipinski definition) is 6. The van der Waals surface area contributed by atoms with Crippen LogP contribution in [0, 0.1) is 15.9 Å². The molecule has 0 spiro atoms. The van der Waals surface area contributed by atoms with Crippen LogP contribution in [0.4, 0.5) is 15.2 Å². The summed E-state index contributed by atoms with van der Waals surface area (Å²) in [6.45, 7) is 1.07. The highest BCUT2D eigenvalue weighted by atomic mass is 35.5. The summed E-state index contributed by atoms with van der Waals surface area (Å²) in [5, 5.41) is 11.3. The van der Waals surface area contributed by atoms with Gasteiger partial charge in [-0.2, -0.15) is 0 Å². The summed E-state index contributed by atoms with van der Waals surface area (Å²) in [5.74, 6) is -0.519. The number of aromatic nitrogens is 1. The van der Waals surface area contributed by atoms with Gasteiger partial charge >= 0.3 is 0 Å². The average Bonchev–Trinajstić information content (AvgIpc) is 3.04. The van der Waals surface area contributed by atoms with Crippen LogP contribution >= 0.6 is 23.7 Å². The van der Waals surface area contributed by atoms with Gasteiger partial charge in [0.05, 0.1) is 21.6 Å². The Kier molecular flexibility index (Phi) is 7.60. The van der Waals surface area contributed by atoms with Crippen LogP contribution in [0.3, 0.4) is 0 Å². The second kappa shape index (κ2) is 9.73. The number of carbonyl (C=O) groups is 1. The molecule has 0 atom stereocenters. The van der Waals surface area contributed by atoms with E-state index in [-0.39, 0.29) is 36.2 Å². The van der Waals surface area contributed by atoms with E-state index < -0.39 is 4.92 Å². The molecule has 0 bridgehead atoms. The zero-order chi connectivity index (χ0) is 20.3. The number of nitro benzene ring substituents is 1. The van der Waals surface area contributed by atoms with E-state index in [1.807, 2.05) is 19.0 Å². The van der Waals surface area contributed by atoms with Gasteiger partial charge in [0, 0.05) is 25.2 Å². The molecule has 0 N–H and O–H groups in total. The molecular formula is C19H20ClFN4O3S. The largest absolute Gasteiger partial charge is 0.308 e. The van der Waals surface area contributed by atoms with Gasteiger partial charge in [0.15, 0.2) is 5.13 Å². The maximum Gasteiger partial charge on any atom is 0.269 e. The van der Waals surface area contributed by atoms with Crippen molar-refractivity contribution in [2.24, 2.45) is 0 Å². The van der Waals surface area contributed by atoms with Gasteiger partial charge in [-0.05, 0) is 37.9 Å². The standard InChI is InChI=1S/C19H19FN4O3S.ClH/c1-22(2)9-10-23(19-21-16-8-5-14(20)12-17(16)28-19)18(25)11-13-3-6-15(7-4-13)24(26)27;/h3-8,12H,9-11H2,1-2H3;1H. The number of likely N-dealkylation sites (N-methyl/N-ethyl adjacent to an activating group) is 1. The minimum atomic E-state index is -0.477. The molecule has 10 heteroatoms. The van der Waals surface area contributed by atoms with E-state index >= 15 is 0 Å². The minimum Gasteiger partial charge on any atom is -0.308 e. The van der Waals surface area contributed by atoms with E-state index in [1.165, 1.54) is 35.6 Å². The SMILES string of the molecule is CN(C)CCN(C(=O)Cc1ccc([N+](=O)[O-])cc1)c1nc2ccc(F)cc2s1.Cl. The smallest absolute Gasteiger partial charge is 0.269 e. The van der Waals surface area contributed by atoms with Crippen LogP contribution in [0.2, 0.25) is 0 Å². The van der Waals surface area contributed by atoms with E-state index in [9.17, 15) is 19.3 Å². The van der Waals surface area contributed by atoms with Crippen LogP contribution in [-0.2, 0) is 11.2 Å². The monoisotopic (exact) mass is 438 g/mol. The molecule has 0 unspecified atom stereocenters. The quantitative estimate of drug-likeness (QED) is 0.413. The molecule has 1 aromatic heterocycles. The highest BCUT2D eigenvalue weighted by molar-refractivity contribution is 7.22. The van der Waals surface area contributed by atoms with Gasteiger partial charge in [-0.1, -0.05) is 23.5 Å². The lowest BCUT2D eigenvalue weighted by molar-refractivity contribution is -0.384. The summed E-state index contributed by atoms with van der Waals surface area (Å²) in [6, 6.07) is 10.3. The molecule has 29 heavy (non-hydrogen) atoms. The molecule has 2 aromatic carbocycles. The van der Waals surface area contributed by atoms with Crippen molar-refractivity contribution >= 4 is 50.7 Å². The van der Waals surface area contributed by atoms with Gasteiger partial charge in [0.1, 0.15) is 5.82 Å². The number of fused-ring (bicyclic) bond motifs is 1. The number of amides is 1. The molecule has 0 fully saturated rings. The lowest BCUT2D eigenvalue weighted by Crippen LogP contribution is -2.37. The summed E-state index contributed by atoms with van der Waals surface area (Å²) < 4.78 is 14.2. The average molecular weight is 439 g/mol. The number of rotatable bonds is 7. The Morgan fingerprint density at radius 2 is 1.86 bits per heavy atom. The Labute approximate surface area is 177 Å². The first-order chi connectivity index (χ1) is 13.3. The highest BCUT2D eigenvalue weighted by Gasteiger charge is 2.20. The van der Waals surface area contributed by atoms with Gasteiger partial charge < -0.3 is 4.90 Å². The zero-order valence-electron chi connectivity index (χ0n) is 15.9. The second-order valence-corrected chi connectivity index (χ2v) is 7.57. The summed E-state index contributed by atoms with van der Waals surface area (Å²) in [6.07, 6.45) is 0.0930. The van der Waals surface area contributed by atoms with E-state index in [2.05, 4.69) is 4.98 Å². The first-order valence-corrected chi connectivity index (χ1v) is 9.39. The summed E-state index contributed by atoms with van der Waals surface area (Å²) >= 11 is 1.26. The van der Waals surface area contributed by atoms with Crippen molar-refractivity contribution in [1.29, 1.82) is 0 Å². The summed E-state index contributed by atoms with van der Waals surface area (Å²) in [5.41, 5.74) is 1.30. The molecule has 0 saturated heterocycles. The third-order valence-electron chi connectivity index (χ3n) is 4.14. The number of non-ortho nitro benzene ring substituents is 1. The van der Waals surface area contributed by atoms with Crippen LogP contribution in [0.5, 0.6) is 0 Å². The second-order valence-electron chi connectivity index (χ2n) is 6.56. The Morgan fingerprint density at radius 1 is 1.17 bits per heavy atom. The molecule has 1 heterocycles. The fourth-order valence-electron chi connectivity index (χ4n) is 2.63. The Morgan fingerprint density at radius 3 is 2.48 bits per heavy atom. The van der Waals surface area contributed by atoms with Crippen molar-refractivity contribution in [2.45, 2.75) is 6.42 Å². The fourth-order valence-corrected chi connectivity index (χ4v) is 3.67. The van der Waals surface area contributed by atoms with Crippen LogP contribution in [-0.4, -0.2) is 47.9 Å². The van der Waals surface area contributed by atoms with Crippen molar-refractivity contribution in [3.63, 3.8) is 0 Å². The molecule has 1 amide bonds. The maximum atomic E-state index is 13.5. The molecule has 0 aliphatic rings. The number of nitrogens with zero attached hydrogens (tertiary/aromatic N) is 4. The zero-order valence-corrected chi connectivity index (χ0v) is 17.5. The number of halogens is 2. The molecule has 0 radical (unpaired) electrons. The van der Waals surface area contributed by atoms with E-state index in [1.54, 1.807) is 23.1 Å². The minimum absolute atomic E-state index is 0. The first kappa shape index (κ1) is 22.7. The van der Waals surface area contributed by atoms with Crippen molar-refractivity contribution in [3.05, 3.63) is 64.0 Å². The molecule has 3 rings (SSSR count). The van der Waals surface area contributed by atoms with Crippen LogP contribution in [0.1, 0.15) is 5.56 Å². The molecular weight excluding hydrogens is 419 g/mol. The third-order valence-corrected chi connectivity index (χ3v) is 5.19. The molecule has 7 nitrogen and oxygen atoms in total. The van der Waals surface area contributed by atoms with E-state index in [0.29, 0.717) is 34.0 Å². The molecule has 154 valence electrons. The molecule has 0 saturated carbocycles. The normalized spacial score (nSPS) is 10.8. The lowest BCUT2D eigenvalue weighted by atomic mass is 10.1. The number of anilines is 1. The third kappa shape index (κ3) is 5.69. The van der Waals surface area contributed by atoms with Crippen LogP contribution in [0.15, 0.2) is 42.5 Å². The first-order valence-electron chi connectivity index (χ1n) is 8.58.